The van der Waals surface area contributed by atoms with Crippen molar-refractivity contribution in [1.29, 1.82) is 0 Å². The minimum absolute atomic E-state index is 0. The molecule has 0 fully saturated rings. The van der Waals surface area contributed by atoms with Gasteiger partial charge in [0.1, 0.15) is 0 Å². The van der Waals surface area contributed by atoms with Crippen LogP contribution in [-0.2, 0) is 9.84 Å². The third-order valence-electron chi connectivity index (χ3n) is 4.39. The molecule has 0 aliphatic heterocycles. The van der Waals surface area contributed by atoms with E-state index in [9.17, 15) is 8.42 Å². The van der Waals surface area contributed by atoms with E-state index in [2.05, 4.69) is 58.6 Å². The molecule has 0 aliphatic rings. The first-order valence-corrected chi connectivity index (χ1v) is 11.0. The number of nitrogens with zero attached hydrogens (tertiary/aromatic N) is 2. The van der Waals surface area contributed by atoms with Crippen molar-refractivity contribution in [2.24, 2.45) is 4.99 Å². The zero-order chi connectivity index (χ0) is 19.8. The van der Waals surface area contributed by atoms with Gasteiger partial charge in [0.15, 0.2) is 15.8 Å². The van der Waals surface area contributed by atoms with Crippen molar-refractivity contribution in [2.75, 3.05) is 43.9 Å². The summed E-state index contributed by atoms with van der Waals surface area (Å²) in [4.78, 5) is 6.75. The Hall–Kier alpha value is -1.03. The second-order valence-electron chi connectivity index (χ2n) is 7.07. The molecule has 0 saturated carbocycles. The highest BCUT2D eigenvalue weighted by molar-refractivity contribution is 14.0. The predicted octanol–water partition coefficient (Wildman–Crippen LogP) is 2.82. The molecule has 0 aliphatic carbocycles. The molecule has 6 nitrogen and oxygen atoms in total. The minimum atomic E-state index is -3.16. The molecule has 0 radical (unpaired) electrons. The monoisotopic (exact) mass is 510 g/mol. The summed E-state index contributed by atoms with van der Waals surface area (Å²) in [5.41, 5.74) is 2.45. The molecular weight excluding hydrogens is 475 g/mol. The van der Waals surface area contributed by atoms with Crippen LogP contribution in [0, 0.1) is 6.92 Å². The fourth-order valence-electron chi connectivity index (χ4n) is 2.33. The van der Waals surface area contributed by atoms with Gasteiger partial charge in [-0.05, 0) is 52.3 Å². The van der Waals surface area contributed by atoms with Crippen LogP contribution in [0.2, 0.25) is 0 Å². The lowest BCUT2D eigenvalue weighted by Crippen LogP contribution is -2.43. The number of guanidine groups is 1. The molecule has 1 rings (SSSR count). The topological polar surface area (TPSA) is 73.8 Å². The molecule has 0 saturated heterocycles. The van der Waals surface area contributed by atoms with Crippen LogP contribution < -0.4 is 15.5 Å². The first-order chi connectivity index (χ1) is 12.1. The molecule has 1 aromatic carbocycles. The summed E-state index contributed by atoms with van der Waals surface area (Å²) in [5.74, 6) is 0.643. The molecule has 0 heterocycles. The maximum absolute atomic E-state index is 11.8. The number of hydrogen-bond acceptors (Lipinski definition) is 4. The lowest BCUT2D eigenvalue weighted by molar-refractivity contribution is 0.554. The van der Waals surface area contributed by atoms with E-state index in [0.717, 1.165) is 19.6 Å². The molecule has 0 unspecified atom stereocenters. The summed E-state index contributed by atoms with van der Waals surface area (Å²) >= 11 is 0. The van der Waals surface area contributed by atoms with Gasteiger partial charge < -0.3 is 15.5 Å². The molecular formula is C19H35IN4O2S. The van der Waals surface area contributed by atoms with Gasteiger partial charge in [-0.25, -0.2) is 8.42 Å². The Morgan fingerprint density at radius 1 is 1.22 bits per heavy atom. The van der Waals surface area contributed by atoms with Crippen LogP contribution in [0.1, 0.15) is 33.3 Å². The Labute approximate surface area is 182 Å². The van der Waals surface area contributed by atoms with E-state index in [1.165, 1.54) is 17.5 Å². The molecule has 2 N–H and O–H groups in total. The van der Waals surface area contributed by atoms with Crippen molar-refractivity contribution in [3.63, 3.8) is 0 Å². The minimum Gasteiger partial charge on any atom is -0.370 e. The maximum atomic E-state index is 11.8. The Morgan fingerprint density at radius 2 is 1.89 bits per heavy atom. The fraction of sp³-hybridized carbons (Fsp3) is 0.632. The number of nitrogens with one attached hydrogen (secondary N) is 2. The van der Waals surface area contributed by atoms with Gasteiger partial charge in [-0.15, -0.1) is 24.0 Å². The van der Waals surface area contributed by atoms with E-state index in [1.807, 2.05) is 6.92 Å². The maximum Gasteiger partial charge on any atom is 0.191 e. The number of likely N-dealkylation sites (N-methyl/N-ethyl adjacent to an activating group) is 1. The molecule has 0 aromatic heterocycles. The van der Waals surface area contributed by atoms with E-state index in [0.29, 0.717) is 12.5 Å². The Kier molecular flexibility index (Phi) is 11.3. The second-order valence-corrected chi connectivity index (χ2v) is 9.72. The van der Waals surface area contributed by atoms with Crippen LogP contribution in [0.25, 0.3) is 0 Å². The van der Waals surface area contributed by atoms with Crippen molar-refractivity contribution in [3.05, 3.63) is 29.8 Å². The first-order valence-electron chi connectivity index (χ1n) is 9.14. The summed E-state index contributed by atoms with van der Waals surface area (Å²) in [6.45, 7) is 13.0. The average Bonchev–Trinajstić information content (AvgIpc) is 2.55. The number of halogens is 1. The number of aliphatic imine (C=N–C) groups is 1. The quantitative estimate of drug-likeness (QED) is 0.304. The number of aryl methyl sites for hydroxylation is 1. The van der Waals surface area contributed by atoms with Gasteiger partial charge in [-0.1, -0.05) is 12.1 Å². The van der Waals surface area contributed by atoms with Gasteiger partial charge in [0.25, 0.3) is 0 Å². The van der Waals surface area contributed by atoms with Gasteiger partial charge in [0.05, 0.1) is 11.3 Å². The van der Waals surface area contributed by atoms with Crippen molar-refractivity contribution >= 4 is 45.5 Å². The van der Waals surface area contributed by atoms with Crippen LogP contribution in [0.3, 0.4) is 0 Å². The third kappa shape index (κ3) is 8.68. The number of anilines is 1. The fourth-order valence-corrected chi connectivity index (χ4v) is 2.63. The van der Waals surface area contributed by atoms with Crippen LogP contribution in [0.4, 0.5) is 5.69 Å². The molecule has 156 valence electrons. The molecule has 0 bridgehead atoms. The summed E-state index contributed by atoms with van der Waals surface area (Å²) in [5, 5.41) is 6.47. The predicted molar refractivity (Wildman–Crippen MR) is 127 cm³/mol. The number of sulfone groups is 1. The van der Waals surface area contributed by atoms with Gasteiger partial charge in [0, 0.05) is 38.1 Å². The van der Waals surface area contributed by atoms with Gasteiger partial charge >= 0.3 is 0 Å². The summed E-state index contributed by atoms with van der Waals surface area (Å²) < 4.78 is 22.8. The van der Waals surface area contributed by atoms with Gasteiger partial charge in [0.2, 0.25) is 0 Å². The number of rotatable bonds is 9. The van der Waals surface area contributed by atoms with Crippen LogP contribution in [0.15, 0.2) is 29.3 Å². The van der Waals surface area contributed by atoms with Crippen LogP contribution in [-0.4, -0.2) is 58.1 Å². The molecule has 1 aromatic rings. The highest BCUT2D eigenvalue weighted by Gasteiger charge is 2.29. The normalized spacial score (nSPS) is 12.3. The lowest BCUT2D eigenvalue weighted by atomic mass is 10.2. The van der Waals surface area contributed by atoms with E-state index in [1.54, 1.807) is 13.8 Å². The van der Waals surface area contributed by atoms with Crippen molar-refractivity contribution < 1.29 is 8.42 Å². The van der Waals surface area contributed by atoms with E-state index in [-0.39, 0.29) is 30.5 Å². The highest BCUT2D eigenvalue weighted by Crippen LogP contribution is 2.16. The third-order valence-corrected chi connectivity index (χ3v) is 6.53. The second kappa shape index (κ2) is 11.7. The van der Waals surface area contributed by atoms with E-state index in [4.69, 9.17) is 0 Å². The van der Waals surface area contributed by atoms with Gasteiger partial charge in [-0.3, -0.25) is 4.99 Å². The Morgan fingerprint density at radius 3 is 2.41 bits per heavy atom. The number of hydrogen-bond donors (Lipinski definition) is 2. The largest absolute Gasteiger partial charge is 0.370 e. The molecule has 0 spiro atoms. The molecule has 0 atom stereocenters. The zero-order valence-electron chi connectivity index (χ0n) is 17.4. The van der Waals surface area contributed by atoms with Crippen LogP contribution in [0.5, 0.6) is 0 Å². The Bertz CT molecular complexity index is 705. The summed E-state index contributed by atoms with van der Waals surface area (Å²) in [6.07, 6.45) is 1.25. The summed E-state index contributed by atoms with van der Waals surface area (Å²) in [7, 11) is -3.16. The van der Waals surface area contributed by atoms with E-state index < -0.39 is 14.6 Å². The lowest BCUT2D eigenvalue weighted by Gasteiger charge is -2.25. The highest BCUT2D eigenvalue weighted by atomic mass is 127. The van der Waals surface area contributed by atoms with Crippen molar-refractivity contribution in [2.45, 2.75) is 39.4 Å². The van der Waals surface area contributed by atoms with Crippen molar-refractivity contribution in [3.8, 4) is 0 Å². The molecule has 27 heavy (non-hydrogen) atoms. The molecule has 0 amide bonds. The zero-order valence-corrected chi connectivity index (χ0v) is 20.5. The number of benzene rings is 1. The van der Waals surface area contributed by atoms with E-state index >= 15 is 0 Å². The van der Waals surface area contributed by atoms with Crippen molar-refractivity contribution in [1.82, 2.24) is 10.6 Å². The first kappa shape index (κ1) is 26.0. The van der Waals surface area contributed by atoms with Gasteiger partial charge in [-0.2, -0.15) is 0 Å². The standard InChI is InChI=1S/C19H34N4O2S.HI/c1-7-20-18(22-15-19(4,5)26(6,24)25)21-12-13-23(8-2)17-11-9-10-16(3)14-17;/h9-11,14H,7-8,12-13,15H2,1-6H3,(H2,20,21,22);1H. The average molecular weight is 510 g/mol. The summed E-state index contributed by atoms with van der Waals surface area (Å²) in [6, 6.07) is 8.45. The SMILES string of the molecule is CCNC(=NCC(C)(C)S(C)(=O)=O)NCCN(CC)c1cccc(C)c1.I. The smallest absolute Gasteiger partial charge is 0.191 e. The Balaban J connectivity index is 0.00000676. The molecule has 8 heteroatoms. The van der Waals surface area contributed by atoms with Crippen LogP contribution >= 0.6 is 24.0 Å².